The Bertz CT molecular complexity index is 669. The Morgan fingerprint density at radius 1 is 1.14 bits per heavy atom. The van der Waals surface area contributed by atoms with Crippen LogP contribution in [0.1, 0.15) is 32.6 Å². The minimum Gasteiger partial charge on any atom is -0.450 e. The summed E-state index contributed by atoms with van der Waals surface area (Å²) in [6.07, 6.45) is 2.39. The van der Waals surface area contributed by atoms with Crippen LogP contribution < -0.4 is 10.6 Å². The highest BCUT2D eigenvalue weighted by Gasteiger charge is 2.30. The normalized spacial score (nSPS) is 18.6. The van der Waals surface area contributed by atoms with Crippen molar-refractivity contribution >= 4 is 34.5 Å². The van der Waals surface area contributed by atoms with Gasteiger partial charge >= 0.3 is 12.1 Å². The Kier molecular flexibility index (Phi) is 7.01. The van der Waals surface area contributed by atoms with Crippen LogP contribution in [0.5, 0.6) is 0 Å². The Morgan fingerprint density at radius 3 is 2.43 bits per heavy atom. The molecule has 0 atom stereocenters. The van der Waals surface area contributed by atoms with Crippen LogP contribution in [0.2, 0.25) is 0 Å². The Labute approximate surface area is 167 Å². The summed E-state index contributed by atoms with van der Waals surface area (Å²) < 4.78 is 5.01. The Balaban J connectivity index is 1.37. The van der Waals surface area contributed by atoms with Gasteiger partial charge in [0.15, 0.2) is 0 Å². The predicted molar refractivity (Wildman–Crippen MR) is 103 cm³/mol. The molecule has 0 aliphatic carbocycles. The van der Waals surface area contributed by atoms with E-state index in [1.807, 2.05) is 0 Å². The maximum atomic E-state index is 12.5. The molecular formula is C17H26N6O4S. The van der Waals surface area contributed by atoms with E-state index in [0.717, 1.165) is 0 Å². The first-order chi connectivity index (χ1) is 13.6. The lowest BCUT2D eigenvalue weighted by Gasteiger charge is -2.35. The zero-order valence-corrected chi connectivity index (χ0v) is 16.7. The summed E-state index contributed by atoms with van der Waals surface area (Å²) >= 11 is 1.28. The van der Waals surface area contributed by atoms with Crippen molar-refractivity contribution in [2.24, 2.45) is 5.92 Å². The molecule has 0 aromatic carbocycles. The highest BCUT2D eigenvalue weighted by atomic mass is 32.1. The van der Waals surface area contributed by atoms with E-state index in [1.54, 1.807) is 22.2 Å². The molecule has 4 amide bonds. The van der Waals surface area contributed by atoms with Crippen LogP contribution in [0.3, 0.4) is 0 Å². The summed E-state index contributed by atoms with van der Waals surface area (Å²) in [7, 11) is 0. The molecule has 0 bridgehead atoms. The van der Waals surface area contributed by atoms with Crippen molar-refractivity contribution in [2.45, 2.75) is 38.6 Å². The summed E-state index contributed by atoms with van der Waals surface area (Å²) in [5.41, 5.74) is 1.57. The highest BCUT2D eigenvalue weighted by molar-refractivity contribution is 7.13. The average Bonchev–Trinajstić information content (AvgIpc) is 3.22. The van der Waals surface area contributed by atoms with Gasteiger partial charge in [-0.15, -0.1) is 10.2 Å². The van der Waals surface area contributed by atoms with E-state index < -0.39 is 0 Å². The van der Waals surface area contributed by atoms with Gasteiger partial charge in [0.2, 0.25) is 11.0 Å². The zero-order chi connectivity index (χ0) is 19.9. The minimum absolute atomic E-state index is 0.0524. The highest BCUT2D eigenvalue weighted by Crippen LogP contribution is 2.20. The van der Waals surface area contributed by atoms with Crippen molar-refractivity contribution in [3.8, 4) is 0 Å². The van der Waals surface area contributed by atoms with Gasteiger partial charge in [-0.1, -0.05) is 11.3 Å². The van der Waals surface area contributed by atoms with Crippen LogP contribution in [0.4, 0.5) is 14.7 Å². The monoisotopic (exact) mass is 410 g/mol. The molecule has 2 N–H and O–H groups in total. The fraction of sp³-hybridized carbons (Fsp3) is 0.706. The lowest BCUT2D eigenvalue weighted by atomic mass is 9.96. The van der Waals surface area contributed by atoms with Crippen LogP contribution in [0.25, 0.3) is 0 Å². The molecule has 0 radical (unpaired) electrons. The van der Waals surface area contributed by atoms with Gasteiger partial charge < -0.3 is 25.2 Å². The summed E-state index contributed by atoms with van der Waals surface area (Å²) in [5.74, 6) is -0.191. The first-order valence-electron chi connectivity index (χ1n) is 9.61. The topological polar surface area (TPSA) is 117 Å². The quantitative estimate of drug-likeness (QED) is 0.777. The molecule has 2 saturated heterocycles. The second kappa shape index (κ2) is 9.67. The number of urea groups is 1. The number of amides is 4. The van der Waals surface area contributed by atoms with Gasteiger partial charge in [0.25, 0.3) is 0 Å². The van der Waals surface area contributed by atoms with Gasteiger partial charge in [0.05, 0.1) is 6.61 Å². The van der Waals surface area contributed by atoms with E-state index in [2.05, 4.69) is 20.8 Å². The zero-order valence-electron chi connectivity index (χ0n) is 15.9. The third-order valence-electron chi connectivity index (χ3n) is 5.09. The number of nitrogens with zero attached hydrogens (tertiary/aromatic N) is 4. The first-order valence-corrected chi connectivity index (χ1v) is 10.5. The molecular weight excluding hydrogens is 384 g/mol. The number of carbonyl (C=O) groups is 3. The molecule has 154 valence electrons. The van der Waals surface area contributed by atoms with Crippen molar-refractivity contribution in [2.75, 3.05) is 38.1 Å². The predicted octanol–water partition coefficient (Wildman–Crippen LogP) is 1.52. The standard InChI is InChI=1S/C17H26N6O4S/c1-2-27-17(26)23-9-5-13(6-10-23)19-16(25)22-7-3-12(4-8-22)14(24)20-15-21-18-11-28-15/h11-13H,2-10H2,1H3,(H,19,25)(H,20,21,24). The fourth-order valence-corrected chi connectivity index (χ4v) is 3.91. The van der Waals surface area contributed by atoms with E-state index in [0.29, 0.717) is 63.6 Å². The van der Waals surface area contributed by atoms with Gasteiger partial charge in [-0.25, -0.2) is 9.59 Å². The van der Waals surface area contributed by atoms with Gasteiger partial charge in [-0.2, -0.15) is 0 Å². The molecule has 1 aromatic rings. The Morgan fingerprint density at radius 2 is 1.82 bits per heavy atom. The van der Waals surface area contributed by atoms with Crippen molar-refractivity contribution < 1.29 is 19.1 Å². The average molecular weight is 411 g/mol. The number of likely N-dealkylation sites (tertiary alicyclic amines) is 2. The summed E-state index contributed by atoms with van der Waals surface area (Å²) in [6.45, 7) is 4.40. The smallest absolute Gasteiger partial charge is 0.409 e. The van der Waals surface area contributed by atoms with Crippen molar-refractivity contribution in [3.05, 3.63) is 5.51 Å². The number of aromatic nitrogens is 2. The number of nitrogens with one attached hydrogen (secondary N) is 2. The second-order valence-electron chi connectivity index (χ2n) is 6.90. The van der Waals surface area contributed by atoms with E-state index >= 15 is 0 Å². The molecule has 10 nitrogen and oxygen atoms in total. The van der Waals surface area contributed by atoms with E-state index in [1.165, 1.54) is 11.3 Å². The van der Waals surface area contributed by atoms with E-state index in [9.17, 15) is 14.4 Å². The number of rotatable bonds is 4. The Hall–Kier alpha value is -2.43. The maximum absolute atomic E-state index is 12.5. The van der Waals surface area contributed by atoms with Crippen LogP contribution in [0.15, 0.2) is 5.51 Å². The summed E-state index contributed by atoms with van der Waals surface area (Å²) in [6, 6.07) is -0.0471. The lowest BCUT2D eigenvalue weighted by Crippen LogP contribution is -2.52. The van der Waals surface area contributed by atoms with E-state index in [4.69, 9.17) is 4.74 Å². The van der Waals surface area contributed by atoms with Gasteiger partial charge in [-0.3, -0.25) is 4.79 Å². The number of carbonyl (C=O) groups excluding carboxylic acids is 3. The molecule has 2 fully saturated rings. The summed E-state index contributed by atoms with van der Waals surface area (Å²) in [5, 5.41) is 13.8. The molecule has 0 unspecified atom stereocenters. The number of hydrogen-bond acceptors (Lipinski definition) is 7. The SMILES string of the molecule is CCOC(=O)N1CCC(NC(=O)N2CCC(C(=O)Nc3nncs3)CC2)CC1. The third-order valence-corrected chi connectivity index (χ3v) is 5.70. The molecule has 11 heteroatoms. The molecule has 2 aliphatic heterocycles. The number of hydrogen-bond donors (Lipinski definition) is 2. The van der Waals surface area contributed by atoms with Crippen molar-refractivity contribution in [1.82, 2.24) is 25.3 Å². The van der Waals surface area contributed by atoms with Gasteiger partial charge in [0, 0.05) is 38.1 Å². The van der Waals surface area contributed by atoms with Crippen LogP contribution in [0, 0.1) is 5.92 Å². The number of anilines is 1. The van der Waals surface area contributed by atoms with Crippen molar-refractivity contribution in [3.63, 3.8) is 0 Å². The third kappa shape index (κ3) is 5.31. The number of ether oxygens (including phenoxy) is 1. The largest absolute Gasteiger partial charge is 0.450 e. The summed E-state index contributed by atoms with van der Waals surface area (Å²) in [4.78, 5) is 39.9. The molecule has 0 spiro atoms. The fourth-order valence-electron chi connectivity index (χ4n) is 3.47. The molecule has 3 heterocycles. The first kappa shape index (κ1) is 20.3. The molecule has 0 saturated carbocycles. The van der Waals surface area contributed by atoms with Crippen LogP contribution >= 0.6 is 11.3 Å². The van der Waals surface area contributed by atoms with Crippen LogP contribution in [-0.2, 0) is 9.53 Å². The molecule has 28 heavy (non-hydrogen) atoms. The second-order valence-corrected chi connectivity index (χ2v) is 7.74. The van der Waals surface area contributed by atoms with Gasteiger partial charge in [-0.05, 0) is 32.6 Å². The molecule has 3 rings (SSSR count). The molecule has 1 aromatic heterocycles. The lowest BCUT2D eigenvalue weighted by molar-refractivity contribution is -0.121. The maximum Gasteiger partial charge on any atom is 0.409 e. The number of piperidine rings is 2. The van der Waals surface area contributed by atoms with E-state index in [-0.39, 0.29) is 30.0 Å². The minimum atomic E-state index is -0.291. The molecule has 2 aliphatic rings. The van der Waals surface area contributed by atoms with Crippen LogP contribution in [-0.4, -0.2) is 76.9 Å². The van der Waals surface area contributed by atoms with Gasteiger partial charge in [0.1, 0.15) is 5.51 Å². The van der Waals surface area contributed by atoms with Crippen molar-refractivity contribution in [1.29, 1.82) is 0 Å².